The Morgan fingerprint density at radius 2 is 2.16 bits per heavy atom. The van der Waals surface area contributed by atoms with E-state index in [1.165, 1.54) is 18.3 Å². The molecule has 0 radical (unpaired) electrons. The molecule has 0 saturated heterocycles. The summed E-state index contributed by atoms with van der Waals surface area (Å²) in [6, 6.07) is 6.40. The van der Waals surface area contributed by atoms with E-state index in [9.17, 15) is 9.18 Å². The van der Waals surface area contributed by atoms with Gasteiger partial charge < -0.3 is 10.4 Å². The third kappa shape index (κ3) is 3.75. The third-order valence-corrected chi connectivity index (χ3v) is 3.46. The standard InChI is InChI=1S/C13H13FN2O2S/c1-8(6-9-2-4-10(14)5-3-9)16-13-15-7-11(19-13)12(17)18/h2-5,7-8H,6H2,1H3,(H,15,16)(H,17,18). The molecule has 1 aromatic carbocycles. The molecule has 1 unspecified atom stereocenters. The van der Waals surface area contributed by atoms with Gasteiger partial charge >= 0.3 is 5.97 Å². The lowest BCUT2D eigenvalue weighted by Crippen LogP contribution is -2.17. The largest absolute Gasteiger partial charge is 0.477 e. The van der Waals surface area contributed by atoms with E-state index < -0.39 is 5.97 Å². The topological polar surface area (TPSA) is 62.2 Å². The van der Waals surface area contributed by atoms with Gasteiger partial charge in [0, 0.05) is 6.04 Å². The van der Waals surface area contributed by atoms with Crippen LogP contribution in [-0.2, 0) is 6.42 Å². The van der Waals surface area contributed by atoms with E-state index >= 15 is 0 Å². The highest BCUT2D eigenvalue weighted by atomic mass is 32.1. The zero-order valence-corrected chi connectivity index (χ0v) is 11.1. The molecule has 6 heteroatoms. The van der Waals surface area contributed by atoms with Gasteiger partial charge in [-0.2, -0.15) is 0 Å². The second-order valence-corrected chi connectivity index (χ2v) is 5.24. The highest BCUT2D eigenvalue weighted by Gasteiger charge is 2.10. The van der Waals surface area contributed by atoms with E-state index in [-0.39, 0.29) is 16.7 Å². The van der Waals surface area contributed by atoms with E-state index in [0.717, 1.165) is 16.9 Å². The van der Waals surface area contributed by atoms with Gasteiger partial charge in [-0.05, 0) is 31.0 Å². The van der Waals surface area contributed by atoms with E-state index in [1.54, 1.807) is 12.1 Å². The van der Waals surface area contributed by atoms with E-state index in [4.69, 9.17) is 5.11 Å². The van der Waals surface area contributed by atoms with Crippen molar-refractivity contribution in [3.05, 3.63) is 46.7 Å². The van der Waals surface area contributed by atoms with Crippen LogP contribution in [0.25, 0.3) is 0 Å². The summed E-state index contributed by atoms with van der Waals surface area (Å²) in [5.74, 6) is -1.23. The number of thiazole rings is 1. The lowest BCUT2D eigenvalue weighted by Gasteiger charge is -2.12. The van der Waals surface area contributed by atoms with Crippen LogP contribution in [0.15, 0.2) is 30.5 Å². The number of aromatic carboxylic acids is 1. The number of aromatic nitrogens is 1. The predicted molar refractivity (Wildman–Crippen MR) is 72.3 cm³/mol. The van der Waals surface area contributed by atoms with Crippen molar-refractivity contribution in [3.63, 3.8) is 0 Å². The number of carboxylic acid groups (broad SMARTS) is 1. The zero-order valence-electron chi connectivity index (χ0n) is 10.3. The fourth-order valence-electron chi connectivity index (χ4n) is 1.68. The van der Waals surface area contributed by atoms with Gasteiger partial charge in [0.1, 0.15) is 10.7 Å². The number of anilines is 1. The summed E-state index contributed by atoms with van der Waals surface area (Å²) in [6.07, 6.45) is 2.04. The molecule has 2 rings (SSSR count). The molecular weight excluding hydrogens is 267 g/mol. The average Bonchev–Trinajstić information content (AvgIpc) is 2.80. The molecule has 0 fully saturated rings. The molecule has 1 heterocycles. The van der Waals surface area contributed by atoms with Gasteiger partial charge in [-0.15, -0.1) is 0 Å². The van der Waals surface area contributed by atoms with Gasteiger partial charge in [0.05, 0.1) is 6.20 Å². The number of nitrogens with zero attached hydrogens (tertiary/aromatic N) is 1. The summed E-state index contributed by atoms with van der Waals surface area (Å²) in [5.41, 5.74) is 1.01. The highest BCUT2D eigenvalue weighted by molar-refractivity contribution is 7.17. The van der Waals surface area contributed by atoms with Crippen LogP contribution in [0.2, 0.25) is 0 Å². The maximum Gasteiger partial charge on any atom is 0.347 e. The monoisotopic (exact) mass is 280 g/mol. The molecule has 19 heavy (non-hydrogen) atoms. The number of nitrogens with one attached hydrogen (secondary N) is 1. The van der Waals surface area contributed by atoms with Crippen molar-refractivity contribution in [1.29, 1.82) is 0 Å². The molecule has 1 atom stereocenters. The third-order valence-electron chi connectivity index (χ3n) is 2.54. The molecule has 2 aromatic rings. The van der Waals surface area contributed by atoms with Crippen LogP contribution in [-0.4, -0.2) is 22.1 Å². The fourth-order valence-corrected chi connectivity index (χ4v) is 2.44. The molecule has 0 saturated carbocycles. The Balaban J connectivity index is 1.94. The van der Waals surface area contributed by atoms with Gasteiger partial charge in [-0.3, -0.25) is 0 Å². The highest BCUT2D eigenvalue weighted by Crippen LogP contribution is 2.19. The van der Waals surface area contributed by atoms with Crippen LogP contribution in [0.4, 0.5) is 9.52 Å². The molecule has 4 nitrogen and oxygen atoms in total. The van der Waals surface area contributed by atoms with Gasteiger partial charge in [0.2, 0.25) is 0 Å². The second-order valence-electron chi connectivity index (χ2n) is 4.21. The van der Waals surface area contributed by atoms with Crippen LogP contribution < -0.4 is 5.32 Å². The number of hydrogen-bond donors (Lipinski definition) is 2. The molecule has 1 aromatic heterocycles. The lowest BCUT2D eigenvalue weighted by molar-refractivity contribution is 0.0702. The van der Waals surface area contributed by atoms with Crippen LogP contribution >= 0.6 is 11.3 Å². The Morgan fingerprint density at radius 1 is 1.47 bits per heavy atom. The number of hydrogen-bond acceptors (Lipinski definition) is 4. The molecule has 0 spiro atoms. The van der Waals surface area contributed by atoms with E-state index in [2.05, 4.69) is 10.3 Å². The van der Waals surface area contributed by atoms with Crippen LogP contribution in [0, 0.1) is 5.82 Å². The first-order valence-corrected chi connectivity index (χ1v) is 6.56. The van der Waals surface area contributed by atoms with Crippen molar-refractivity contribution in [2.45, 2.75) is 19.4 Å². The molecule has 0 amide bonds. The number of rotatable bonds is 5. The minimum absolute atomic E-state index is 0.0817. The Bertz CT molecular complexity index is 568. The molecular formula is C13H13FN2O2S. The summed E-state index contributed by atoms with van der Waals surface area (Å²) in [6.45, 7) is 1.96. The quantitative estimate of drug-likeness (QED) is 0.883. The molecule has 0 aliphatic rings. The van der Waals surface area contributed by atoms with Crippen molar-refractivity contribution >= 4 is 22.4 Å². The summed E-state index contributed by atoms with van der Waals surface area (Å²) in [4.78, 5) is 14.9. The maximum absolute atomic E-state index is 12.8. The molecule has 0 bridgehead atoms. The van der Waals surface area contributed by atoms with E-state index in [0.29, 0.717) is 11.6 Å². The van der Waals surface area contributed by atoms with Crippen LogP contribution in [0.3, 0.4) is 0 Å². The number of halogens is 1. The first-order valence-electron chi connectivity index (χ1n) is 5.74. The first kappa shape index (κ1) is 13.5. The minimum atomic E-state index is -0.975. The number of benzene rings is 1. The van der Waals surface area contributed by atoms with Crippen LogP contribution in [0.5, 0.6) is 0 Å². The van der Waals surface area contributed by atoms with Gasteiger partial charge in [-0.25, -0.2) is 14.2 Å². The molecule has 0 aliphatic heterocycles. The van der Waals surface area contributed by atoms with Crippen molar-refractivity contribution in [3.8, 4) is 0 Å². The number of carboxylic acids is 1. The number of carbonyl (C=O) groups is 1. The lowest BCUT2D eigenvalue weighted by atomic mass is 10.1. The van der Waals surface area contributed by atoms with Gasteiger partial charge in [0.25, 0.3) is 0 Å². The molecule has 2 N–H and O–H groups in total. The smallest absolute Gasteiger partial charge is 0.347 e. The fraction of sp³-hybridized carbons (Fsp3) is 0.231. The Labute approximate surface area is 113 Å². The molecule has 100 valence electrons. The van der Waals surface area contributed by atoms with E-state index in [1.807, 2.05) is 6.92 Å². The van der Waals surface area contributed by atoms with Gasteiger partial charge in [0.15, 0.2) is 5.13 Å². The summed E-state index contributed by atoms with van der Waals surface area (Å²) in [5, 5.41) is 12.5. The van der Waals surface area contributed by atoms with Crippen molar-refractivity contribution in [2.75, 3.05) is 5.32 Å². The SMILES string of the molecule is CC(Cc1ccc(F)cc1)Nc1ncc(C(=O)O)s1. The summed E-state index contributed by atoms with van der Waals surface area (Å²) >= 11 is 1.10. The molecule has 0 aliphatic carbocycles. The first-order chi connectivity index (χ1) is 9.04. The average molecular weight is 280 g/mol. The second kappa shape index (κ2) is 5.79. The van der Waals surface area contributed by atoms with Crippen LogP contribution in [0.1, 0.15) is 22.2 Å². The van der Waals surface area contributed by atoms with Gasteiger partial charge in [-0.1, -0.05) is 23.5 Å². The summed E-state index contributed by atoms with van der Waals surface area (Å²) < 4.78 is 12.8. The van der Waals surface area contributed by atoms with Crippen molar-refractivity contribution in [2.24, 2.45) is 0 Å². The predicted octanol–water partition coefficient (Wildman–Crippen LogP) is 3.02. The van der Waals surface area contributed by atoms with Crippen molar-refractivity contribution in [1.82, 2.24) is 4.98 Å². The maximum atomic E-state index is 12.8. The summed E-state index contributed by atoms with van der Waals surface area (Å²) in [7, 11) is 0. The van der Waals surface area contributed by atoms with Crippen molar-refractivity contribution < 1.29 is 14.3 Å². The minimum Gasteiger partial charge on any atom is -0.477 e. The Kier molecular flexibility index (Phi) is 4.11. The zero-order chi connectivity index (χ0) is 13.8. The normalized spacial score (nSPS) is 12.1. The Hall–Kier alpha value is -1.95. The Morgan fingerprint density at radius 3 is 2.74 bits per heavy atom.